The third-order valence-electron chi connectivity index (χ3n) is 4.16. The molecular weight excluding hydrogens is 338 g/mol. The van der Waals surface area contributed by atoms with E-state index in [-0.39, 0.29) is 5.78 Å². The van der Waals surface area contributed by atoms with Gasteiger partial charge in [-0.25, -0.2) is 4.79 Å². The number of fused-ring (bicyclic) bond motifs is 1. The molecule has 2 aromatic rings. The van der Waals surface area contributed by atoms with Gasteiger partial charge in [0.15, 0.2) is 11.9 Å². The molecule has 3 rings (SSSR count). The summed E-state index contributed by atoms with van der Waals surface area (Å²) >= 11 is 1.45. The van der Waals surface area contributed by atoms with Gasteiger partial charge in [-0.1, -0.05) is 0 Å². The lowest BCUT2D eigenvalue weighted by Gasteiger charge is -2.13. The topological polar surface area (TPSA) is 72.5 Å². The molecule has 1 N–H and O–H groups in total. The van der Waals surface area contributed by atoms with Crippen LogP contribution in [0.4, 0.5) is 5.69 Å². The van der Waals surface area contributed by atoms with Gasteiger partial charge in [0, 0.05) is 16.1 Å². The first kappa shape index (κ1) is 17.4. The number of hydrogen-bond acceptors (Lipinski definition) is 5. The Balaban J connectivity index is 1.58. The minimum atomic E-state index is -0.906. The second kappa shape index (κ2) is 7.19. The van der Waals surface area contributed by atoms with E-state index >= 15 is 0 Å². The van der Waals surface area contributed by atoms with Crippen molar-refractivity contribution in [1.29, 1.82) is 0 Å². The monoisotopic (exact) mass is 357 g/mol. The maximum atomic E-state index is 12.2. The molecule has 0 spiro atoms. The Labute approximate surface area is 150 Å². The van der Waals surface area contributed by atoms with Crippen LogP contribution >= 0.6 is 11.3 Å². The number of thiophene rings is 1. The van der Waals surface area contributed by atoms with Crippen molar-refractivity contribution in [3.8, 4) is 0 Å². The number of ketones is 1. The van der Waals surface area contributed by atoms with Crippen LogP contribution in [0.3, 0.4) is 0 Å². The van der Waals surface area contributed by atoms with Crippen LogP contribution in [0, 0.1) is 0 Å². The highest BCUT2D eigenvalue weighted by Crippen LogP contribution is 2.31. The SMILES string of the molecule is CC(=O)c1ccc(NC(=O)[C@@H](C)OC(=O)c2cc3c(s2)CCC3)cc1. The Morgan fingerprint density at radius 3 is 2.52 bits per heavy atom. The summed E-state index contributed by atoms with van der Waals surface area (Å²) < 4.78 is 5.27. The number of amides is 1. The number of aryl methyl sites for hydroxylation is 2. The predicted octanol–water partition coefficient (Wildman–Crippen LogP) is 3.62. The van der Waals surface area contributed by atoms with Crippen molar-refractivity contribution in [2.24, 2.45) is 0 Å². The number of benzene rings is 1. The van der Waals surface area contributed by atoms with Gasteiger partial charge in [0.2, 0.25) is 0 Å². The van der Waals surface area contributed by atoms with E-state index in [9.17, 15) is 14.4 Å². The highest BCUT2D eigenvalue weighted by atomic mass is 32.1. The van der Waals surface area contributed by atoms with Crippen molar-refractivity contribution in [3.63, 3.8) is 0 Å². The van der Waals surface area contributed by atoms with E-state index < -0.39 is 18.0 Å². The highest BCUT2D eigenvalue weighted by molar-refractivity contribution is 7.14. The van der Waals surface area contributed by atoms with Crippen LogP contribution in [0.2, 0.25) is 0 Å². The molecule has 0 aliphatic heterocycles. The molecule has 1 heterocycles. The Hall–Kier alpha value is -2.47. The number of esters is 1. The van der Waals surface area contributed by atoms with Crippen LogP contribution in [0.15, 0.2) is 30.3 Å². The van der Waals surface area contributed by atoms with Gasteiger partial charge in [-0.05, 0) is 69.0 Å². The summed E-state index contributed by atoms with van der Waals surface area (Å²) in [4.78, 5) is 37.4. The number of carbonyl (C=O) groups excluding carboxylic acids is 3. The number of anilines is 1. The molecule has 6 heteroatoms. The molecule has 0 radical (unpaired) electrons. The average molecular weight is 357 g/mol. The first-order valence-corrected chi connectivity index (χ1v) is 9.00. The minimum absolute atomic E-state index is 0.0389. The molecule has 0 bridgehead atoms. The van der Waals surface area contributed by atoms with Crippen molar-refractivity contribution in [1.82, 2.24) is 0 Å². The number of Topliss-reactive ketones (excluding diaryl/α,β-unsaturated/α-hetero) is 1. The van der Waals surface area contributed by atoms with Gasteiger partial charge >= 0.3 is 5.97 Å². The molecule has 1 aromatic carbocycles. The lowest BCUT2D eigenvalue weighted by atomic mass is 10.1. The molecule has 0 fully saturated rings. The van der Waals surface area contributed by atoms with Gasteiger partial charge in [0.1, 0.15) is 4.88 Å². The summed E-state index contributed by atoms with van der Waals surface area (Å²) in [7, 11) is 0. The summed E-state index contributed by atoms with van der Waals surface area (Å²) in [6, 6.07) is 8.45. The van der Waals surface area contributed by atoms with Crippen LogP contribution in [-0.4, -0.2) is 23.8 Å². The molecule has 1 amide bonds. The molecule has 1 aliphatic rings. The number of ether oxygens (including phenoxy) is 1. The van der Waals surface area contributed by atoms with Crippen LogP contribution in [0.5, 0.6) is 0 Å². The largest absolute Gasteiger partial charge is 0.448 e. The Kier molecular flexibility index (Phi) is 4.99. The van der Waals surface area contributed by atoms with Gasteiger partial charge in [-0.3, -0.25) is 9.59 Å². The van der Waals surface area contributed by atoms with Crippen LogP contribution in [-0.2, 0) is 22.4 Å². The van der Waals surface area contributed by atoms with Gasteiger partial charge in [-0.15, -0.1) is 11.3 Å². The Bertz CT molecular complexity index is 801. The van der Waals surface area contributed by atoms with E-state index in [4.69, 9.17) is 4.74 Å². The molecule has 0 saturated heterocycles. The number of carbonyl (C=O) groups is 3. The fraction of sp³-hybridized carbons (Fsp3) is 0.316. The average Bonchev–Trinajstić information content (AvgIpc) is 3.16. The molecule has 1 aromatic heterocycles. The van der Waals surface area contributed by atoms with E-state index in [1.54, 1.807) is 31.2 Å². The highest BCUT2D eigenvalue weighted by Gasteiger charge is 2.23. The normalized spacial score (nSPS) is 13.8. The van der Waals surface area contributed by atoms with Crippen LogP contribution in [0.1, 0.15) is 50.7 Å². The zero-order valence-electron chi connectivity index (χ0n) is 14.1. The summed E-state index contributed by atoms with van der Waals surface area (Å²) in [5.41, 5.74) is 2.34. The van der Waals surface area contributed by atoms with E-state index in [2.05, 4.69) is 5.32 Å². The van der Waals surface area contributed by atoms with Gasteiger partial charge < -0.3 is 10.1 Å². The zero-order chi connectivity index (χ0) is 18.0. The van der Waals surface area contributed by atoms with Crippen molar-refractivity contribution in [3.05, 3.63) is 51.2 Å². The lowest BCUT2D eigenvalue weighted by molar-refractivity contribution is -0.123. The third-order valence-corrected chi connectivity index (χ3v) is 5.38. The maximum absolute atomic E-state index is 12.2. The second-order valence-corrected chi connectivity index (χ2v) is 7.22. The van der Waals surface area contributed by atoms with E-state index in [1.165, 1.54) is 28.7 Å². The first-order valence-electron chi connectivity index (χ1n) is 8.18. The smallest absolute Gasteiger partial charge is 0.349 e. The number of rotatable bonds is 5. The van der Waals surface area contributed by atoms with Crippen molar-refractivity contribution in [2.75, 3.05) is 5.32 Å². The summed E-state index contributed by atoms with van der Waals surface area (Å²) in [5, 5.41) is 2.68. The molecule has 1 atom stereocenters. The zero-order valence-corrected chi connectivity index (χ0v) is 14.9. The predicted molar refractivity (Wildman–Crippen MR) is 96.3 cm³/mol. The third kappa shape index (κ3) is 3.96. The van der Waals surface area contributed by atoms with E-state index in [1.807, 2.05) is 6.07 Å². The Morgan fingerprint density at radius 1 is 1.16 bits per heavy atom. The van der Waals surface area contributed by atoms with Gasteiger partial charge in [-0.2, -0.15) is 0 Å². The van der Waals surface area contributed by atoms with Crippen molar-refractivity contribution in [2.45, 2.75) is 39.2 Å². The standard InChI is InChI=1S/C19H19NO4S/c1-11(21)13-6-8-15(9-7-13)20-18(22)12(2)24-19(23)17-10-14-4-3-5-16(14)25-17/h6-10,12H,3-5H2,1-2H3,(H,20,22)/t12-/m1/s1. The van der Waals surface area contributed by atoms with Gasteiger partial charge in [0.25, 0.3) is 5.91 Å². The van der Waals surface area contributed by atoms with E-state index in [0.29, 0.717) is 16.1 Å². The van der Waals surface area contributed by atoms with E-state index in [0.717, 1.165) is 19.3 Å². The summed E-state index contributed by atoms with van der Waals surface area (Å²) in [6.07, 6.45) is 2.25. The lowest BCUT2D eigenvalue weighted by Crippen LogP contribution is -2.29. The Morgan fingerprint density at radius 2 is 1.88 bits per heavy atom. The fourth-order valence-corrected chi connectivity index (χ4v) is 3.87. The number of nitrogens with one attached hydrogen (secondary N) is 1. The van der Waals surface area contributed by atoms with Gasteiger partial charge in [0.05, 0.1) is 0 Å². The van der Waals surface area contributed by atoms with Crippen molar-refractivity contribution >= 4 is 34.7 Å². The second-order valence-electron chi connectivity index (χ2n) is 6.08. The van der Waals surface area contributed by atoms with Crippen LogP contribution < -0.4 is 5.32 Å². The first-order chi connectivity index (χ1) is 11.9. The molecular formula is C19H19NO4S. The maximum Gasteiger partial charge on any atom is 0.349 e. The van der Waals surface area contributed by atoms with Crippen molar-refractivity contribution < 1.29 is 19.1 Å². The molecule has 25 heavy (non-hydrogen) atoms. The number of hydrogen-bond donors (Lipinski definition) is 1. The summed E-state index contributed by atoms with van der Waals surface area (Å²) in [5.74, 6) is -0.912. The molecule has 130 valence electrons. The summed E-state index contributed by atoms with van der Waals surface area (Å²) in [6.45, 7) is 3.02. The molecule has 0 unspecified atom stereocenters. The minimum Gasteiger partial charge on any atom is -0.448 e. The fourth-order valence-electron chi connectivity index (χ4n) is 2.73. The van der Waals surface area contributed by atoms with Crippen LogP contribution in [0.25, 0.3) is 0 Å². The molecule has 0 saturated carbocycles. The quantitative estimate of drug-likeness (QED) is 0.655. The molecule has 1 aliphatic carbocycles. The molecule has 5 nitrogen and oxygen atoms in total.